The third-order valence-corrected chi connectivity index (χ3v) is 4.79. The molecule has 0 saturated heterocycles. The number of carbonyl (C=O) groups excluding carboxylic acids is 2. The number of hydrazine groups is 1. The number of nitrogens with two attached hydrogens (primary N) is 1. The number of aldehydes is 1. The maximum atomic E-state index is 13.1. The van der Waals surface area contributed by atoms with Gasteiger partial charge in [-0.15, -0.1) is 0 Å². The van der Waals surface area contributed by atoms with Crippen LogP contribution in [0.2, 0.25) is 0 Å². The fraction of sp³-hybridized carbons (Fsp3) is 0.259. The fourth-order valence-electron chi connectivity index (χ4n) is 3.10. The summed E-state index contributed by atoms with van der Waals surface area (Å²) >= 11 is 0. The lowest BCUT2D eigenvalue weighted by Crippen LogP contribution is -2.49. The summed E-state index contributed by atoms with van der Waals surface area (Å²) in [5.74, 6) is 0.469. The topological polar surface area (TPSA) is 103 Å². The van der Waals surface area contributed by atoms with E-state index in [1.54, 1.807) is 39.0 Å². The number of anilines is 2. The molecule has 0 aliphatic heterocycles. The maximum Gasteiger partial charge on any atom is 0.429 e. The van der Waals surface area contributed by atoms with Crippen molar-refractivity contribution in [3.05, 3.63) is 84.2 Å². The minimum Gasteiger partial charge on any atom is -0.457 e. The minimum atomic E-state index is -1.00. The molecule has 0 aliphatic carbocycles. The Hall–Kier alpha value is -4.11. The minimum absolute atomic E-state index is 0.0731. The Morgan fingerprint density at radius 1 is 1.06 bits per heavy atom. The van der Waals surface area contributed by atoms with Gasteiger partial charge in [-0.2, -0.15) is 0 Å². The zero-order chi connectivity index (χ0) is 26.1. The van der Waals surface area contributed by atoms with E-state index in [9.17, 15) is 14.0 Å². The summed E-state index contributed by atoms with van der Waals surface area (Å²) in [5.41, 5.74) is 9.81. The van der Waals surface area contributed by atoms with Crippen LogP contribution in [0.3, 0.4) is 0 Å². The molecule has 1 amide bonds. The molecule has 0 bridgehead atoms. The van der Waals surface area contributed by atoms with Gasteiger partial charge in [0.15, 0.2) is 0 Å². The number of nitrogens with one attached hydrogen (secondary N) is 1. The molecule has 0 radical (unpaired) electrons. The van der Waals surface area contributed by atoms with Gasteiger partial charge in [0, 0.05) is 6.07 Å². The van der Waals surface area contributed by atoms with Crippen LogP contribution < -0.4 is 15.9 Å². The Morgan fingerprint density at radius 3 is 2.33 bits per heavy atom. The van der Waals surface area contributed by atoms with E-state index in [1.165, 1.54) is 24.3 Å². The highest BCUT2D eigenvalue weighted by molar-refractivity contribution is 5.78. The number of carbonyl (C=O) groups is 2. The van der Waals surface area contributed by atoms with E-state index in [1.807, 2.05) is 30.3 Å². The van der Waals surface area contributed by atoms with Gasteiger partial charge < -0.3 is 24.7 Å². The average Bonchev–Trinajstić information content (AvgIpc) is 2.83. The van der Waals surface area contributed by atoms with Crippen molar-refractivity contribution < 1.29 is 28.2 Å². The van der Waals surface area contributed by atoms with Crippen molar-refractivity contribution in [3.63, 3.8) is 0 Å². The number of hydrogen-bond acceptors (Lipinski definition) is 7. The van der Waals surface area contributed by atoms with E-state index in [2.05, 4.69) is 5.43 Å². The first-order valence-electron chi connectivity index (χ1n) is 11.3. The highest BCUT2D eigenvalue weighted by Gasteiger charge is 2.29. The zero-order valence-electron chi connectivity index (χ0n) is 20.4. The number of benzene rings is 3. The molecule has 36 heavy (non-hydrogen) atoms. The summed E-state index contributed by atoms with van der Waals surface area (Å²) in [6.45, 7) is 5.36. The van der Waals surface area contributed by atoms with Crippen LogP contribution in [-0.2, 0) is 20.9 Å². The molecule has 3 N–H and O–H groups in total. The van der Waals surface area contributed by atoms with Gasteiger partial charge in [-0.05, 0) is 62.7 Å². The van der Waals surface area contributed by atoms with Gasteiger partial charge in [0.25, 0.3) is 0 Å². The highest BCUT2D eigenvalue weighted by Crippen LogP contribution is 2.29. The Kier molecular flexibility index (Phi) is 8.86. The van der Waals surface area contributed by atoms with Crippen LogP contribution in [0.5, 0.6) is 11.5 Å². The first kappa shape index (κ1) is 26.5. The van der Waals surface area contributed by atoms with Crippen molar-refractivity contribution in [2.45, 2.75) is 39.0 Å². The van der Waals surface area contributed by atoms with Crippen LogP contribution in [-0.4, -0.2) is 35.6 Å². The van der Waals surface area contributed by atoms with Crippen molar-refractivity contribution in [2.24, 2.45) is 0 Å². The van der Waals surface area contributed by atoms with Gasteiger partial charge in [-0.25, -0.2) is 14.2 Å². The molecule has 0 aromatic heterocycles. The van der Waals surface area contributed by atoms with Crippen LogP contribution in [0.4, 0.5) is 20.6 Å². The number of ether oxygens (including phenoxy) is 3. The summed E-state index contributed by atoms with van der Waals surface area (Å²) in [5, 5.41) is 1.05. The Morgan fingerprint density at radius 2 is 1.72 bits per heavy atom. The third-order valence-electron chi connectivity index (χ3n) is 4.79. The normalized spacial score (nSPS) is 11.9. The zero-order valence-corrected chi connectivity index (χ0v) is 20.4. The second-order valence-corrected chi connectivity index (χ2v) is 8.97. The monoisotopic (exact) mass is 495 g/mol. The van der Waals surface area contributed by atoms with Crippen LogP contribution in [0.1, 0.15) is 26.3 Å². The molecular formula is C27H30FN3O5. The van der Waals surface area contributed by atoms with Crippen molar-refractivity contribution in [1.82, 2.24) is 5.01 Å². The molecule has 0 unspecified atom stereocenters. The predicted molar refractivity (Wildman–Crippen MR) is 135 cm³/mol. The largest absolute Gasteiger partial charge is 0.457 e. The fourth-order valence-corrected chi connectivity index (χ4v) is 3.10. The Labute approximate surface area is 209 Å². The number of amides is 1. The van der Waals surface area contributed by atoms with Gasteiger partial charge in [-0.1, -0.05) is 30.3 Å². The van der Waals surface area contributed by atoms with Crippen molar-refractivity contribution in [2.75, 3.05) is 17.8 Å². The van der Waals surface area contributed by atoms with Crippen molar-refractivity contribution >= 4 is 23.8 Å². The number of hydrogen-bond donors (Lipinski definition) is 2. The highest BCUT2D eigenvalue weighted by atomic mass is 19.1. The smallest absolute Gasteiger partial charge is 0.429 e. The van der Waals surface area contributed by atoms with Crippen LogP contribution in [0, 0.1) is 5.82 Å². The number of rotatable bonds is 10. The van der Waals surface area contributed by atoms with Crippen LogP contribution >= 0.6 is 0 Å². The van der Waals surface area contributed by atoms with E-state index < -0.39 is 17.7 Å². The van der Waals surface area contributed by atoms with E-state index in [-0.39, 0.29) is 24.7 Å². The third kappa shape index (κ3) is 7.99. The van der Waals surface area contributed by atoms with Gasteiger partial charge in [0.05, 0.1) is 24.6 Å². The molecule has 9 heteroatoms. The average molecular weight is 496 g/mol. The van der Waals surface area contributed by atoms with Gasteiger partial charge in [0.1, 0.15) is 35.2 Å². The molecule has 1 atom stereocenters. The summed E-state index contributed by atoms with van der Waals surface area (Å²) in [6, 6.07) is 18.8. The molecule has 0 aliphatic rings. The molecule has 3 aromatic rings. The van der Waals surface area contributed by atoms with Crippen LogP contribution in [0.25, 0.3) is 0 Å². The molecule has 0 spiro atoms. The van der Waals surface area contributed by atoms with E-state index in [0.29, 0.717) is 23.5 Å². The molecule has 0 fully saturated rings. The number of halogens is 1. The van der Waals surface area contributed by atoms with Gasteiger partial charge in [-0.3, -0.25) is 5.43 Å². The first-order valence-corrected chi connectivity index (χ1v) is 11.3. The second kappa shape index (κ2) is 12.0. The SMILES string of the molecule is CC(C)(C)OC(=O)N(Nc1ccc(Oc2ccc(F)cc2)cc1N)[C@H](C=O)COCc1ccccc1. The first-order chi connectivity index (χ1) is 17.1. The van der Waals surface area contributed by atoms with Crippen molar-refractivity contribution in [3.8, 4) is 11.5 Å². The number of nitrogen functional groups attached to an aromatic ring is 1. The Balaban J connectivity index is 1.75. The number of nitrogens with zero attached hydrogens (tertiary/aromatic N) is 1. The summed E-state index contributed by atoms with van der Waals surface area (Å²) in [6.07, 6.45) is -0.168. The molecule has 3 rings (SSSR count). The van der Waals surface area contributed by atoms with E-state index >= 15 is 0 Å². The lowest BCUT2D eigenvalue weighted by atomic mass is 10.2. The summed E-state index contributed by atoms with van der Waals surface area (Å²) < 4.78 is 30.0. The van der Waals surface area contributed by atoms with E-state index in [4.69, 9.17) is 19.9 Å². The molecular weight excluding hydrogens is 465 g/mol. The molecule has 8 nitrogen and oxygen atoms in total. The summed E-state index contributed by atoms with van der Waals surface area (Å²) in [7, 11) is 0. The second-order valence-electron chi connectivity index (χ2n) is 8.97. The van der Waals surface area contributed by atoms with Crippen LogP contribution in [0.15, 0.2) is 72.8 Å². The Bertz CT molecular complexity index is 1150. The standard InChI is InChI=1S/C27H30FN3O5/c1-27(2,3)36-26(33)31(21(16-32)18-34-17-19-7-5-4-6-8-19)30-25-14-13-23(15-24(25)29)35-22-11-9-20(28)10-12-22/h4-16,21,30H,17-18,29H2,1-3H3/t21-/m1/s1. The van der Waals surface area contributed by atoms with E-state index in [0.717, 1.165) is 10.6 Å². The molecule has 0 heterocycles. The predicted octanol–water partition coefficient (Wildman–Crippen LogP) is 5.55. The lowest BCUT2D eigenvalue weighted by molar-refractivity contribution is -0.114. The molecule has 0 saturated carbocycles. The summed E-state index contributed by atoms with van der Waals surface area (Å²) in [4.78, 5) is 24.9. The molecule has 190 valence electrons. The van der Waals surface area contributed by atoms with Crippen molar-refractivity contribution in [1.29, 1.82) is 0 Å². The van der Waals surface area contributed by atoms with Gasteiger partial charge >= 0.3 is 6.09 Å². The molecule has 3 aromatic carbocycles. The van der Waals surface area contributed by atoms with Gasteiger partial charge in [0.2, 0.25) is 0 Å². The lowest BCUT2D eigenvalue weighted by Gasteiger charge is -2.32. The quantitative estimate of drug-likeness (QED) is 0.216. The maximum absolute atomic E-state index is 13.1.